The van der Waals surface area contributed by atoms with E-state index in [1.807, 2.05) is 48.5 Å². The zero-order valence-electron chi connectivity index (χ0n) is 35.1. The summed E-state index contributed by atoms with van der Waals surface area (Å²) in [5.41, 5.74) is 1.72. The standard InChI is InChI=1S/C46H9B19O/c47-28-23(34(53)35(54)25-24(28)36(55)37(56)26(29(25)48)27-38(57)44(63)46(65)45(64)39(27)58)18-21-19(30(49)40(59)42(61)32(21)51)17(20-22(18)33(52)43(62)41(60)31(20)50)12-5-6-15-13(8-12)14-7-10-3-1-2-4-11(10)9-16(14)66-15/h1-9H. The fourth-order valence-corrected chi connectivity index (χ4v) is 9.67. The van der Waals surface area contributed by atoms with E-state index in [9.17, 15) is 0 Å². The molecule has 0 amide bonds. The lowest BCUT2D eigenvalue weighted by atomic mass is 9.55. The molecule has 0 fully saturated rings. The Morgan fingerprint density at radius 2 is 0.576 bits per heavy atom. The van der Waals surface area contributed by atoms with Crippen LogP contribution in [0, 0.1) is 0 Å². The van der Waals surface area contributed by atoms with Crippen LogP contribution in [0.2, 0.25) is 0 Å². The molecule has 66 heavy (non-hydrogen) atoms. The van der Waals surface area contributed by atoms with E-state index in [4.69, 9.17) is 153 Å². The monoisotopic (exact) mass is 786 g/mol. The lowest BCUT2D eigenvalue weighted by molar-refractivity contribution is 0.669. The Balaban J connectivity index is 1.40. The highest BCUT2D eigenvalue weighted by Crippen LogP contribution is 2.42. The third-order valence-corrected chi connectivity index (χ3v) is 13.1. The molecule has 9 aromatic carbocycles. The first kappa shape index (κ1) is 44.9. The van der Waals surface area contributed by atoms with Crippen molar-refractivity contribution in [2.45, 2.75) is 0 Å². The second-order valence-corrected chi connectivity index (χ2v) is 16.5. The molecule has 20 heteroatoms. The van der Waals surface area contributed by atoms with Crippen molar-refractivity contribution >= 4 is 318 Å². The van der Waals surface area contributed by atoms with Crippen LogP contribution in [0.5, 0.6) is 0 Å². The number of furan rings is 1. The van der Waals surface area contributed by atoms with Gasteiger partial charge in [0.25, 0.3) is 0 Å². The SMILES string of the molecule is [B]c1c([B])c([B])c(-c2c([B])c([B])c3c([B])c(-c4c5c([B])c([B])c([B])c([B])c5c(-c5ccc6oc7cc8ccccc8cc7c6c5)c5c([B])c([B])c([B])c([B])c45)c([B])c([B])c3c2[B])c([B])c1[B]. The largest absolute Gasteiger partial charge is 0.456 e. The minimum atomic E-state index is -0.116. The Kier molecular flexibility index (Phi) is 10.6. The van der Waals surface area contributed by atoms with Crippen LogP contribution in [-0.4, -0.2) is 149 Å². The van der Waals surface area contributed by atoms with Gasteiger partial charge in [0.05, 0.1) is 0 Å². The van der Waals surface area contributed by atoms with Gasteiger partial charge < -0.3 is 4.42 Å². The summed E-state index contributed by atoms with van der Waals surface area (Å²) < 4.78 is 6.36. The highest BCUT2D eigenvalue weighted by atomic mass is 16.3. The van der Waals surface area contributed by atoms with E-state index in [1.54, 1.807) is 0 Å². The predicted molar refractivity (Wildman–Crippen MR) is 302 cm³/mol. The quantitative estimate of drug-likeness (QED) is 0.129. The Morgan fingerprint density at radius 1 is 0.242 bits per heavy atom. The zero-order chi connectivity index (χ0) is 47.4. The molecule has 0 spiro atoms. The Labute approximate surface area is 407 Å². The minimum absolute atomic E-state index is 0.0124. The van der Waals surface area contributed by atoms with E-state index in [0.29, 0.717) is 33.1 Å². The third kappa shape index (κ3) is 5.94. The third-order valence-electron chi connectivity index (χ3n) is 13.1. The van der Waals surface area contributed by atoms with Gasteiger partial charge in [0.15, 0.2) is 0 Å². The molecule has 10 aromatic rings. The molecule has 0 bridgehead atoms. The van der Waals surface area contributed by atoms with Gasteiger partial charge in [-0.1, -0.05) is 95.9 Å². The highest BCUT2D eigenvalue weighted by molar-refractivity contribution is 6.75. The molecule has 0 N–H and O–H groups in total. The summed E-state index contributed by atoms with van der Waals surface area (Å²) in [4.78, 5) is 0. The summed E-state index contributed by atoms with van der Waals surface area (Å²) in [5.74, 6) is 0. The number of hydrogen-bond acceptors (Lipinski definition) is 1. The van der Waals surface area contributed by atoms with Crippen LogP contribution in [0.4, 0.5) is 0 Å². The summed E-state index contributed by atoms with van der Waals surface area (Å²) >= 11 is 0. The van der Waals surface area contributed by atoms with Gasteiger partial charge in [-0.2, -0.15) is 0 Å². The van der Waals surface area contributed by atoms with Crippen molar-refractivity contribution < 1.29 is 4.42 Å². The minimum Gasteiger partial charge on any atom is -0.456 e. The summed E-state index contributed by atoms with van der Waals surface area (Å²) in [6, 6.07) is 17.6. The maximum atomic E-state index is 7.26. The van der Waals surface area contributed by atoms with Crippen LogP contribution in [0.15, 0.2) is 59.0 Å². The molecule has 0 aliphatic carbocycles. The van der Waals surface area contributed by atoms with Gasteiger partial charge in [0.2, 0.25) is 0 Å². The molecule has 256 valence electrons. The van der Waals surface area contributed by atoms with Crippen LogP contribution < -0.4 is 104 Å². The Morgan fingerprint density at radius 3 is 1.05 bits per heavy atom. The zero-order valence-corrected chi connectivity index (χ0v) is 35.1. The van der Waals surface area contributed by atoms with Crippen molar-refractivity contribution in [3.63, 3.8) is 0 Å². The van der Waals surface area contributed by atoms with Crippen molar-refractivity contribution in [2.24, 2.45) is 0 Å². The van der Waals surface area contributed by atoms with E-state index >= 15 is 0 Å². The average Bonchev–Trinajstić information content (AvgIpc) is 3.66. The van der Waals surface area contributed by atoms with Crippen molar-refractivity contribution in [2.75, 3.05) is 0 Å². The van der Waals surface area contributed by atoms with Gasteiger partial charge in [0.1, 0.15) is 160 Å². The van der Waals surface area contributed by atoms with Gasteiger partial charge in [-0.15, -0.1) is 38.2 Å². The fourth-order valence-electron chi connectivity index (χ4n) is 9.67. The smallest absolute Gasteiger partial charge is 0.136 e. The van der Waals surface area contributed by atoms with E-state index in [0.717, 1.165) is 21.5 Å². The summed E-state index contributed by atoms with van der Waals surface area (Å²) in [6.07, 6.45) is 0. The molecule has 0 saturated carbocycles. The average molecular weight is 783 g/mol. The molecule has 0 aliphatic rings. The topological polar surface area (TPSA) is 13.1 Å². The molecule has 1 heterocycles. The normalized spacial score (nSPS) is 11.9. The lowest BCUT2D eigenvalue weighted by Crippen LogP contribution is -2.56. The van der Waals surface area contributed by atoms with Gasteiger partial charge in [-0.05, 0) is 101 Å². The molecule has 10 rings (SSSR count). The first-order chi connectivity index (χ1) is 31.2. The first-order valence-electron chi connectivity index (χ1n) is 20.1. The highest BCUT2D eigenvalue weighted by Gasteiger charge is 2.29. The second-order valence-electron chi connectivity index (χ2n) is 16.5. The Bertz CT molecular complexity index is 3820. The molecule has 1 aromatic heterocycles. The molecule has 0 unspecified atom stereocenters. The van der Waals surface area contributed by atoms with Gasteiger partial charge >= 0.3 is 0 Å². The van der Waals surface area contributed by atoms with Gasteiger partial charge in [-0.3, -0.25) is 0 Å². The van der Waals surface area contributed by atoms with Crippen molar-refractivity contribution in [1.29, 1.82) is 0 Å². The van der Waals surface area contributed by atoms with Gasteiger partial charge in [-0.25, -0.2) is 0 Å². The fraction of sp³-hybridized carbons (Fsp3) is 0. The van der Waals surface area contributed by atoms with Gasteiger partial charge in [0, 0.05) is 10.8 Å². The molecule has 38 radical (unpaired) electrons. The van der Waals surface area contributed by atoms with E-state index in [2.05, 4.69) is 6.07 Å². The van der Waals surface area contributed by atoms with E-state index < -0.39 is 0 Å². The summed E-state index contributed by atoms with van der Waals surface area (Å²) in [6.45, 7) is 0. The molecule has 1 nitrogen and oxygen atoms in total. The molecular weight excluding hydrogens is 774 g/mol. The molecule has 0 aliphatic heterocycles. The Hall–Kier alpha value is -4.95. The second kappa shape index (κ2) is 15.5. The summed E-state index contributed by atoms with van der Waals surface area (Å²) in [7, 11) is 129. The van der Waals surface area contributed by atoms with Crippen LogP contribution in [-0.2, 0) is 0 Å². The summed E-state index contributed by atoms with van der Waals surface area (Å²) in [5, 5.41) is 4.83. The van der Waals surface area contributed by atoms with Crippen molar-refractivity contribution in [3.05, 3.63) is 54.6 Å². The maximum Gasteiger partial charge on any atom is 0.136 e. The van der Waals surface area contributed by atoms with Crippen LogP contribution in [0.3, 0.4) is 0 Å². The van der Waals surface area contributed by atoms with Crippen LogP contribution in [0.25, 0.3) is 98.4 Å². The number of benzene rings is 9. The lowest BCUT2D eigenvalue weighted by Gasteiger charge is -2.32. The maximum absolute atomic E-state index is 7.26. The van der Waals surface area contributed by atoms with Crippen LogP contribution >= 0.6 is 0 Å². The first-order valence-corrected chi connectivity index (χ1v) is 20.1. The van der Waals surface area contributed by atoms with E-state index in [-0.39, 0.29) is 148 Å². The van der Waals surface area contributed by atoms with Crippen molar-refractivity contribution in [1.82, 2.24) is 0 Å². The van der Waals surface area contributed by atoms with Crippen LogP contribution in [0.1, 0.15) is 0 Å². The number of fused-ring (bicyclic) bond motifs is 7. The number of rotatable bonds is 3. The predicted octanol–water partition coefficient (Wildman–Crippen LogP) is -9.72. The van der Waals surface area contributed by atoms with Crippen molar-refractivity contribution in [3.8, 4) is 33.4 Å². The molecular formula is C46H9B19O. The molecule has 0 saturated heterocycles. The number of hydrogen-bond donors (Lipinski definition) is 0. The molecule has 0 atom stereocenters. The van der Waals surface area contributed by atoms with E-state index in [1.165, 1.54) is 0 Å².